The summed E-state index contributed by atoms with van der Waals surface area (Å²) in [5.41, 5.74) is 1.17. The first-order valence-corrected chi connectivity index (χ1v) is 7.19. The number of rotatable bonds is 4. The van der Waals surface area contributed by atoms with E-state index >= 15 is 0 Å². The monoisotopic (exact) mass is 346 g/mol. The van der Waals surface area contributed by atoms with Crippen LogP contribution in [0.4, 0.5) is 5.69 Å². The zero-order chi connectivity index (χ0) is 12.1. The van der Waals surface area contributed by atoms with Gasteiger partial charge in [0.05, 0.1) is 12.7 Å². The largest absolute Gasteiger partial charge is 0.382 e. The van der Waals surface area contributed by atoms with Crippen molar-refractivity contribution in [2.75, 3.05) is 38.1 Å². The topological polar surface area (TPSA) is 24.5 Å². The first-order chi connectivity index (χ1) is 8.28. The van der Waals surface area contributed by atoms with Crippen molar-refractivity contribution in [3.05, 3.63) is 27.8 Å². The number of hydrogen-bond acceptors (Lipinski definition) is 3. The minimum absolute atomic E-state index is 0.308. The van der Waals surface area contributed by atoms with E-state index in [1.54, 1.807) is 0 Å². The number of hydrogen-bond donors (Lipinski definition) is 1. The van der Waals surface area contributed by atoms with Crippen LogP contribution in [0.25, 0.3) is 0 Å². The van der Waals surface area contributed by atoms with Gasteiger partial charge in [-0.15, -0.1) is 0 Å². The van der Waals surface area contributed by atoms with Gasteiger partial charge in [0.2, 0.25) is 0 Å². The molecule has 0 aliphatic carbocycles. The van der Waals surface area contributed by atoms with Crippen molar-refractivity contribution in [1.82, 2.24) is 4.90 Å². The zero-order valence-electron chi connectivity index (χ0n) is 10.2. The average molecular weight is 346 g/mol. The summed E-state index contributed by atoms with van der Waals surface area (Å²) in [4.78, 5) is 2.43. The molecule has 0 bridgehead atoms. The number of nitrogens with zero attached hydrogens (tertiary/aromatic N) is 1. The van der Waals surface area contributed by atoms with Crippen molar-refractivity contribution in [2.24, 2.45) is 0 Å². The average Bonchev–Trinajstić information content (AvgIpc) is 2.38. The molecule has 1 fully saturated rings. The second-order valence-electron chi connectivity index (χ2n) is 4.27. The molecule has 0 radical (unpaired) electrons. The van der Waals surface area contributed by atoms with Crippen LogP contribution in [0.15, 0.2) is 24.3 Å². The van der Waals surface area contributed by atoms with Crippen molar-refractivity contribution < 1.29 is 4.74 Å². The van der Waals surface area contributed by atoms with E-state index in [9.17, 15) is 0 Å². The number of anilines is 1. The summed E-state index contributed by atoms with van der Waals surface area (Å²) in [6, 6.07) is 8.45. The molecule has 1 saturated heterocycles. The molecular formula is C13H19IN2O. The Labute approximate surface area is 117 Å². The molecule has 4 heteroatoms. The van der Waals surface area contributed by atoms with Crippen LogP contribution in [0.3, 0.4) is 0 Å². The van der Waals surface area contributed by atoms with Gasteiger partial charge in [0.1, 0.15) is 0 Å². The van der Waals surface area contributed by atoms with Crippen LogP contribution in [0.5, 0.6) is 0 Å². The van der Waals surface area contributed by atoms with E-state index in [0.29, 0.717) is 6.10 Å². The SMILES string of the molecule is CCN1CCOC(CNc2ccc(I)cc2)C1. The van der Waals surface area contributed by atoms with E-state index in [1.807, 2.05) is 0 Å². The molecule has 0 spiro atoms. The summed E-state index contributed by atoms with van der Waals surface area (Å²) in [6.07, 6.45) is 0.308. The molecule has 1 aromatic carbocycles. The van der Waals surface area contributed by atoms with Crippen LogP contribution in [0.2, 0.25) is 0 Å². The predicted octanol–water partition coefficient (Wildman–Crippen LogP) is 2.42. The maximum absolute atomic E-state index is 5.75. The van der Waals surface area contributed by atoms with Crippen molar-refractivity contribution in [3.8, 4) is 0 Å². The first-order valence-electron chi connectivity index (χ1n) is 6.11. The molecule has 0 amide bonds. The summed E-state index contributed by atoms with van der Waals surface area (Å²) >= 11 is 2.32. The normalized spacial score (nSPS) is 21.4. The number of ether oxygens (including phenoxy) is 1. The van der Waals surface area contributed by atoms with Crippen LogP contribution < -0.4 is 5.32 Å². The molecule has 1 N–H and O–H groups in total. The van der Waals surface area contributed by atoms with Crippen molar-refractivity contribution in [2.45, 2.75) is 13.0 Å². The van der Waals surface area contributed by atoms with Crippen molar-refractivity contribution >= 4 is 28.3 Å². The highest BCUT2D eigenvalue weighted by Gasteiger charge is 2.18. The molecule has 1 aliphatic rings. The Morgan fingerprint density at radius 2 is 2.18 bits per heavy atom. The quantitative estimate of drug-likeness (QED) is 0.848. The van der Waals surface area contributed by atoms with Crippen LogP contribution >= 0.6 is 22.6 Å². The van der Waals surface area contributed by atoms with Crippen molar-refractivity contribution in [3.63, 3.8) is 0 Å². The lowest BCUT2D eigenvalue weighted by Crippen LogP contribution is -2.45. The summed E-state index contributed by atoms with van der Waals surface area (Å²) in [6.45, 7) is 7.16. The number of halogens is 1. The highest BCUT2D eigenvalue weighted by atomic mass is 127. The summed E-state index contributed by atoms with van der Waals surface area (Å²) in [5.74, 6) is 0. The standard InChI is InChI=1S/C13H19IN2O/c1-2-16-7-8-17-13(10-16)9-15-12-5-3-11(14)4-6-12/h3-6,13,15H,2,7-10H2,1H3. The lowest BCUT2D eigenvalue weighted by molar-refractivity contribution is -0.0191. The summed E-state index contributed by atoms with van der Waals surface area (Å²) in [7, 11) is 0. The smallest absolute Gasteiger partial charge is 0.0874 e. The Kier molecular flexibility index (Phi) is 5.06. The molecule has 1 aromatic rings. The van der Waals surface area contributed by atoms with Crippen molar-refractivity contribution in [1.29, 1.82) is 0 Å². The van der Waals surface area contributed by atoms with Crippen LogP contribution in [-0.4, -0.2) is 43.8 Å². The number of nitrogens with one attached hydrogen (secondary N) is 1. The third-order valence-electron chi connectivity index (χ3n) is 3.05. The van der Waals surface area contributed by atoms with Gasteiger partial charge in [-0.2, -0.15) is 0 Å². The molecule has 1 aliphatic heterocycles. The minimum Gasteiger partial charge on any atom is -0.382 e. The second kappa shape index (κ2) is 6.56. The lowest BCUT2D eigenvalue weighted by Gasteiger charge is -2.32. The molecule has 0 saturated carbocycles. The van der Waals surface area contributed by atoms with Gasteiger partial charge in [0.15, 0.2) is 0 Å². The molecule has 17 heavy (non-hydrogen) atoms. The highest BCUT2D eigenvalue weighted by Crippen LogP contribution is 2.12. The van der Waals surface area contributed by atoms with E-state index in [0.717, 1.165) is 32.8 Å². The molecule has 0 aromatic heterocycles. The van der Waals surface area contributed by atoms with Gasteiger partial charge < -0.3 is 10.1 Å². The second-order valence-corrected chi connectivity index (χ2v) is 5.52. The lowest BCUT2D eigenvalue weighted by atomic mass is 10.2. The van der Waals surface area contributed by atoms with E-state index in [1.165, 1.54) is 9.26 Å². The maximum Gasteiger partial charge on any atom is 0.0874 e. The van der Waals surface area contributed by atoms with Gasteiger partial charge in [0, 0.05) is 28.9 Å². The fraction of sp³-hybridized carbons (Fsp3) is 0.538. The van der Waals surface area contributed by atoms with E-state index in [2.05, 4.69) is 64.0 Å². The van der Waals surface area contributed by atoms with Crippen LogP contribution in [-0.2, 0) is 4.74 Å². The highest BCUT2D eigenvalue weighted by molar-refractivity contribution is 14.1. The summed E-state index contributed by atoms with van der Waals surface area (Å²) in [5, 5.41) is 3.43. The molecular weight excluding hydrogens is 327 g/mol. The Hall–Kier alpha value is -0.330. The Morgan fingerprint density at radius 3 is 2.88 bits per heavy atom. The molecule has 1 unspecified atom stereocenters. The molecule has 1 heterocycles. The van der Waals surface area contributed by atoms with Crippen LogP contribution in [0, 0.1) is 3.57 Å². The fourth-order valence-corrected chi connectivity index (χ4v) is 2.35. The third kappa shape index (κ3) is 4.12. The van der Waals surface area contributed by atoms with Gasteiger partial charge in [-0.1, -0.05) is 6.92 Å². The Balaban J connectivity index is 1.79. The molecule has 2 rings (SSSR count). The first kappa shape index (κ1) is 13.1. The van der Waals surface area contributed by atoms with E-state index in [4.69, 9.17) is 4.74 Å². The summed E-state index contributed by atoms with van der Waals surface area (Å²) < 4.78 is 7.01. The Morgan fingerprint density at radius 1 is 1.41 bits per heavy atom. The maximum atomic E-state index is 5.75. The van der Waals surface area contributed by atoms with Gasteiger partial charge in [0.25, 0.3) is 0 Å². The van der Waals surface area contributed by atoms with E-state index < -0.39 is 0 Å². The van der Waals surface area contributed by atoms with Gasteiger partial charge in [-0.05, 0) is 53.4 Å². The van der Waals surface area contributed by atoms with Gasteiger partial charge in [-0.3, -0.25) is 4.90 Å². The Bertz CT molecular complexity index is 342. The van der Waals surface area contributed by atoms with Gasteiger partial charge in [-0.25, -0.2) is 0 Å². The molecule has 1 atom stereocenters. The zero-order valence-corrected chi connectivity index (χ0v) is 12.3. The molecule has 94 valence electrons. The number of morpholine rings is 1. The number of benzene rings is 1. The minimum atomic E-state index is 0.308. The third-order valence-corrected chi connectivity index (χ3v) is 3.77. The van der Waals surface area contributed by atoms with Crippen LogP contribution in [0.1, 0.15) is 6.92 Å². The van der Waals surface area contributed by atoms with E-state index in [-0.39, 0.29) is 0 Å². The number of likely N-dealkylation sites (N-methyl/N-ethyl adjacent to an activating group) is 1. The fourth-order valence-electron chi connectivity index (χ4n) is 1.99. The predicted molar refractivity (Wildman–Crippen MR) is 79.5 cm³/mol. The van der Waals surface area contributed by atoms with Gasteiger partial charge >= 0.3 is 0 Å². The molecule has 3 nitrogen and oxygen atoms in total.